The van der Waals surface area contributed by atoms with Crippen molar-refractivity contribution in [2.45, 2.75) is 110 Å². The van der Waals surface area contributed by atoms with E-state index in [1.165, 1.54) is 77.0 Å². The molecule has 1 rings (SSSR count). The number of unbranched alkanes of at least 4 members (excludes halogenated alkanes) is 10. The molecule has 0 aromatic rings. The van der Waals surface area contributed by atoms with E-state index in [4.69, 9.17) is 17.0 Å². The molecular formula is C24H45NO2S. The fourth-order valence-electron chi connectivity index (χ4n) is 4.07. The summed E-state index contributed by atoms with van der Waals surface area (Å²) in [7, 11) is 0. The number of rotatable bonds is 17. The summed E-state index contributed by atoms with van der Waals surface area (Å²) in [5.41, 5.74) is 0. The number of thiocarbonyl (C=S) groups is 1. The van der Waals surface area contributed by atoms with Crippen LogP contribution in [0.5, 0.6) is 0 Å². The van der Waals surface area contributed by atoms with Crippen LogP contribution in [0.2, 0.25) is 0 Å². The van der Waals surface area contributed by atoms with Gasteiger partial charge in [-0.1, -0.05) is 89.8 Å². The summed E-state index contributed by atoms with van der Waals surface area (Å²) in [4.78, 5) is 15.3. The largest absolute Gasteiger partial charge is 0.378 e. The summed E-state index contributed by atoms with van der Waals surface area (Å²) in [6.07, 6.45) is 18.7. The highest BCUT2D eigenvalue weighted by molar-refractivity contribution is 7.80. The highest BCUT2D eigenvalue weighted by atomic mass is 32.1. The quantitative estimate of drug-likeness (QED) is 0.196. The monoisotopic (exact) mass is 411 g/mol. The summed E-state index contributed by atoms with van der Waals surface area (Å²) >= 11 is 5.55. The summed E-state index contributed by atoms with van der Waals surface area (Å²) in [5.74, 6) is 0.724. The number of carbonyl (C=O) groups excluding carboxylic acids is 1. The van der Waals surface area contributed by atoms with Gasteiger partial charge in [0.05, 0.1) is 18.2 Å². The van der Waals surface area contributed by atoms with Crippen molar-refractivity contribution in [3.63, 3.8) is 0 Å². The van der Waals surface area contributed by atoms with Crippen LogP contribution in [0, 0.1) is 5.92 Å². The molecule has 1 heterocycles. The van der Waals surface area contributed by atoms with E-state index in [0.717, 1.165) is 50.6 Å². The third kappa shape index (κ3) is 12.9. The number of hydrogen-bond acceptors (Lipinski definition) is 3. The van der Waals surface area contributed by atoms with E-state index in [1.807, 2.05) is 0 Å². The first-order valence-corrected chi connectivity index (χ1v) is 12.4. The Balaban J connectivity index is 1.96. The second-order valence-corrected chi connectivity index (χ2v) is 8.99. The van der Waals surface area contributed by atoms with Crippen LogP contribution in [0.15, 0.2) is 0 Å². The summed E-state index contributed by atoms with van der Waals surface area (Å²) < 4.78 is 5.38. The zero-order chi connectivity index (χ0) is 20.5. The van der Waals surface area contributed by atoms with Gasteiger partial charge in [-0.25, -0.2) is 0 Å². The molecule has 1 aliphatic heterocycles. The van der Waals surface area contributed by atoms with Gasteiger partial charge in [-0.2, -0.15) is 0 Å². The standard InChI is InChI=1S/C24H45NO2S/c1-3-4-5-6-9-12-15-23(22(2)26)16-13-10-7-8-11-14-17-24(28)25-18-20-27-21-19-25/h23H,3-21H2,1-2H3. The SMILES string of the molecule is CCCCCCCCC(CCCCCCCCC(=S)N1CCOCC1)C(C)=O. The first-order valence-electron chi connectivity index (χ1n) is 12.0. The molecule has 1 atom stereocenters. The molecule has 0 aromatic carbocycles. The molecule has 164 valence electrons. The third-order valence-corrected chi connectivity index (χ3v) is 6.50. The molecule has 0 bridgehead atoms. The molecule has 4 heteroatoms. The Labute approximate surface area is 180 Å². The second kappa shape index (κ2) is 17.4. The fraction of sp³-hybridized carbons (Fsp3) is 0.917. The molecule has 1 saturated heterocycles. The van der Waals surface area contributed by atoms with Gasteiger partial charge < -0.3 is 9.64 Å². The zero-order valence-corrected chi connectivity index (χ0v) is 19.5. The first-order chi connectivity index (χ1) is 13.6. The maximum atomic E-state index is 11.9. The molecule has 0 N–H and O–H groups in total. The van der Waals surface area contributed by atoms with Crippen LogP contribution in [-0.4, -0.2) is 42.0 Å². The lowest BCUT2D eigenvalue weighted by atomic mass is 9.91. The predicted octanol–water partition coefficient (Wildman–Crippen LogP) is 6.72. The van der Waals surface area contributed by atoms with Gasteiger partial charge in [0.15, 0.2) is 0 Å². The van der Waals surface area contributed by atoms with Crippen molar-refractivity contribution in [1.29, 1.82) is 0 Å². The van der Waals surface area contributed by atoms with Gasteiger partial charge in [-0.15, -0.1) is 0 Å². The Morgan fingerprint density at radius 3 is 1.89 bits per heavy atom. The minimum atomic E-state index is 0.317. The molecular weight excluding hydrogens is 366 g/mol. The number of nitrogens with zero attached hydrogens (tertiary/aromatic N) is 1. The summed E-state index contributed by atoms with van der Waals surface area (Å²) in [5, 5.41) is 0. The molecule has 0 aromatic heterocycles. The highest BCUT2D eigenvalue weighted by Crippen LogP contribution is 2.20. The van der Waals surface area contributed by atoms with E-state index in [-0.39, 0.29) is 0 Å². The minimum absolute atomic E-state index is 0.317. The molecule has 1 unspecified atom stereocenters. The number of morpholine rings is 1. The van der Waals surface area contributed by atoms with E-state index in [1.54, 1.807) is 6.92 Å². The van der Waals surface area contributed by atoms with Crippen LogP contribution in [0.25, 0.3) is 0 Å². The van der Waals surface area contributed by atoms with Gasteiger partial charge in [0.25, 0.3) is 0 Å². The summed E-state index contributed by atoms with van der Waals surface area (Å²) in [6.45, 7) is 7.62. The van der Waals surface area contributed by atoms with Crippen LogP contribution >= 0.6 is 12.2 Å². The van der Waals surface area contributed by atoms with Crippen molar-refractivity contribution in [2.24, 2.45) is 5.92 Å². The molecule has 1 aliphatic rings. The molecule has 0 spiro atoms. The van der Waals surface area contributed by atoms with E-state index >= 15 is 0 Å². The average molecular weight is 412 g/mol. The van der Waals surface area contributed by atoms with Gasteiger partial charge in [-0.3, -0.25) is 4.79 Å². The molecule has 1 fully saturated rings. The summed E-state index contributed by atoms with van der Waals surface area (Å²) in [6, 6.07) is 0. The van der Waals surface area contributed by atoms with Gasteiger partial charge in [0, 0.05) is 19.0 Å². The maximum Gasteiger partial charge on any atom is 0.132 e. The van der Waals surface area contributed by atoms with Gasteiger partial charge >= 0.3 is 0 Å². The van der Waals surface area contributed by atoms with Crippen LogP contribution in [0.3, 0.4) is 0 Å². The van der Waals surface area contributed by atoms with Crippen LogP contribution in [-0.2, 0) is 9.53 Å². The van der Waals surface area contributed by atoms with E-state index < -0.39 is 0 Å². The number of carbonyl (C=O) groups is 1. The topological polar surface area (TPSA) is 29.5 Å². The molecule has 0 amide bonds. The Morgan fingerprint density at radius 1 is 0.857 bits per heavy atom. The molecule has 0 radical (unpaired) electrons. The lowest BCUT2D eigenvalue weighted by Crippen LogP contribution is -2.39. The predicted molar refractivity (Wildman–Crippen MR) is 124 cm³/mol. The fourth-order valence-corrected chi connectivity index (χ4v) is 4.39. The lowest BCUT2D eigenvalue weighted by Gasteiger charge is -2.29. The second-order valence-electron chi connectivity index (χ2n) is 8.52. The Bertz CT molecular complexity index is 407. The first kappa shape index (κ1) is 25.6. The third-order valence-electron chi connectivity index (χ3n) is 6.04. The van der Waals surface area contributed by atoms with Crippen molar-refractivity contribution in [3.05, 3.63) is 0 Å². The van der Waals surface area contributed by atoms with E-state index in [9.17, 15) is 4.79 Å². The van der Waals surface area contributed by atoms with Gasteiger partial charge in [0.1, 0.15) is 5.78 Å². The number of Topliss-reactive ketones (excluding diaryl/α,β-unsaturated/α-hetero) is 1. The number of hydrogen-bond donors (Lipinski definition) is 0. The Hall–Kier alpha value is -0.480. The van der Waals surface area contributed by atoms with Crippen molar-refractivity contribution in [3.8, 4) is 0 Å². The van der Waals surface area contributed by atoms with Crippen LogP contribution in [0.1, 0.15) is 110 Å². The zero-order valence-electron chi connectivity index (χ0n) is 18.7. The Kier molecular flexibility index (Phi) is 15.9. The molecule has 0 saturated carbocycles. The maximum absolute atomic E-state index is 11.9. The molecule has 28 heavy (non-hydrogen) atoms. The van der Waals surface area contributed by atoms with Crippen molar-refractivity contribution in [1.82, 2.24) is 4.90 Å². The Morgan fingerprint density at radius 2 is 1.36 bits per heavy atom. The smallest absolute Gasteiger partial charge is 0.132 e. The molecule has 0 aliphatic carbocycles. The lowest BCUT2D eigenvalue weighted by molar-refractivity contribution is -0.121. The van der Waals surface area contributed by atoms with E-state index in [0.29, 0.717) is 11.7 Å². The number of ether oxygens (including phenoxy) is 1. The van der Waals surface area contributed by atoms with Crippen LogP contribution < -0.4 is 0 Å². The van der Waals surface area contributed by atoms with Crippen molar-refractivity contribution < 1.29 is 9.53 Å². The average Bonchev–Trinajstić information content (AvgIpc) is 2.71. The van der Waals surface area contributed by atoms with Gasteiger partial charge in [-0.05, 0) is 32.6 Å². The minimum Gasteiger partial charge on any atom is -0.378 e. The van der Waals surface area contributed by atoms with E-state index in [2.05, 4.69) is 11.8 Å². The molecule has 3 nitrogen and oxygen atoms in total. The highest BCUT2D eigenvalue weighted by Gasteiger charge is 2.14. The van der Waals surface area contributed by atoms with Crippen molar-refractivity contribution >= 4 is 23.0 Å². The van der Waals surface area contributed by atoms with Crippen LogP contribution in [0.4, 0.5) is 0 Å². The number of ketones is 1. The van der Waals surface area contributed by atoms with Crippen molar-refractivity contribution in [2.75, 3.05) is 26.3 Å². The van der Waals surface area contributed by atoms with Gasteiger partial charge in [0.2, 0.25) is 0 Å². The normalized spacial score (nSPS) is 15.6.